The molecular formula is C35H53N5O11. The van der Waals surface area contributed by atoms with E-state index in [4.69, 9.17) is 5.11 Å². The van der Waals surface area contributed by atoms with Gasteiger partial charge in [-0.05, 0) is 87.4 Å². The van der Waals surface area contributed by atoms with E-state index in [0.29, 0.717) is 34.4 Å². The Bertz CT molecular complexity index is 1530. The second-order valence-electron chi connectivity index (χ2n) is 12.7. The molecule has 0 heterocycles. The predicted molar refractivity (Wildman–Crippen MR) is 190 cm³/mol. The maximum Gasteiger partial charge on any atom is 0.252 e. The number of carbonyl (C=O) groups is 4. The van der Waals surface area contributed by atoms with Gasteiger partial charge in [0.2, 0.25) is 6.41 Å². The lowest BCUT2D eigenvalue weighted by Crippen LogP contribution is -2.39. The second-order valence-corrected chi connectivity index (χ2v) is 12.7. The van der Waals surface area contributed by atoms with Gasteiger partial charge in [0, 0.05) is 48.6 Å². The van der Waals surface area contributed by atoms with Gasteiger partial charge in [0.1, 0.15) is 0 Å². The van der Waals surface area contributed by atoms with Crippen LogP contribution in [0.3, 0.4) is 0 Å². The molecule has 4 amide bonds. The highest BCUT2D eigenvalue weighted by Gasteiger charge is 2.29. The van der Waals surface area contributed by atoms with Crippen molar-refractivity contribution in [2.24, 2.45) is 0 Å². The lowest BCUT2D eigenvalue weighted by Gasteiger charge is -2.29. The highest BCUT2D eigenvalue weighted by atomic mass is 16.3. The fourth-order valence-electron chi connectivity index (χ4n) is 6.06. The van der Waals surface area contributed by atoms with Crippen LogP contribution < -0.4 is 26.2 Å². The molecule has 51 heavy (non-hydrogen) atoms. The van der Waals surface area contributed by atoms with E-state index >= 15 is 0 Å². The minimum absolute atomic E-state index is 0.0201. The van der Waals surface area contributed by atoms with E-state index in [0.717, 1.165) is 16.7 Å². The van der Waals surface area contributed by atoms with Crippen LogP contribution in [-0.2, 0) is 4.79 Å². The van der Waals surface area contributed by atoms with Gasteiger partial charge in [-0.1, -0.05) is 0 Å². The van der Waals surface area contributed by atoms with Crippen molar-refractivity contribution in [3.63, 3.8) is 0 Å². The third-order valence-electron chi connectivity index (χ3n) is 8.98. The van der Waals surface area contributed by atoms with Gasteiger partial charge >= 0.3 is 0 Å². The van der Waals surface area contributed by atoms with Crippen molar-refractivity contribution in [3.05, 3.63) is 55.6 Å². The minimum Gasteiger partial charge on any atom is -0.394 e. The first-order chi connectivity index (χ1) is 24.0. The number of nitrogens with zero attached hydrogens (tertiary/aromatic N) is 1. The quantitative estimate of drug-likeness (QED) is 0.0744. The number of anilines is 2. The smallest absolute Gasteiger partial charge is 0.252 e. The van der Waals surface area contributed by atoms with Crippen molar-refractivity contribution < 1.29 is 54.9 Å². The van der Waals surface area contributed by atoms with Gasteiger partial charge in [0.15, 0.2) is 0 Å². The van der Waals surface area contributed by atoms with Gasteiger partial charge in [-0.15, -0.1) is 0 Å². The van der Waals surface area contributed by atoms with Crippen LogP contribution in [0.15, 0.2) is 0 Å². The maximum absolute atomic E-state index is 13.4. The summed E-state index contributed by atoms with van der Waals surface area (Å²) in [6.07, 6.45) is -4.36. The first kappa shape index (κ1) is 43.0. The van der Waals surface area contributed by atoms with E-state index in [1.807, 2.05) is 13.8 Å². The van der Waals surface area contributed by atoms with E-state index in [9.17, 15) is 49.8 Å². The molecule has 16 heteroatoms. The number of hydrogen-bond acceptors (Lipinski definition) is 12. The third kappa shape index (κ3) is 10.4. The van der Waals surface area contributed by atoms with Gasteiger partial charge in [-0.3, -0.25) is 19.2 Å². The molecule has 2 aromatic carbocycles. The molecule has 2 aromatic rings. The van der Waals surface area contributed by atoms with Crippen LogP contribution in [0.5, 0.6) is 0 Å². The number of amides is 4. The molecule has 11 N–H and O–H groups in total. The fourth-order valence-corrected chi connectivity index (χ4v) is 6.06. The highest BCUT2D eigenvalue weighted by Crippen LogP contribution is 2.35. The Morgan fingerprint density at radius 3 is 1.31 bits per heavy atom. The molecule has 0 aliphatic carbocycles. The molecule has 0 aromatic heterocycles. The Morgan fingerprint density at radius 1 is 0.549 bits per heavy atom. The molecule has 0 saturated carbocycles. The topological polar surface area (TPSA) is 261 Å². The van der Waals surface area contributed by atoms with Crippen molar-refractivity contribution in [3.8, 4) is 0 Å². The van der Waals surface area contributed by atoms with Gasteiger partial charge in [-0.25, -0.2) is 0 Å². The molecule has 2 rings (SSSR count). The Kier molecular flexibility index (Phi) is 16.4. The van der Waals surface area contributed by atoms with Crippen LogP contribution >= 0.6 is 0 Å². The molecule has 0 fully saturated rings. The lowest BCUT2D eigenvalue weighted by atomic mass is 9.89. The summed E-state index contributed by atoms with van der Waals surface area (Å²) in [6, 6.07) is 0. The second kappa shape index (κ2) is 19.4. The summed E-state index contributed by atoms with van der Waals surface area (Å²) in [7, 11) is 0. The van der Waals surface area contributed by atoms with Crippen molar-refractivity contribution >= 4 is 35.5 Å². The summed E-state index contributed by atoms with van der Waals surface area (Å²) >= 11 is 0. The molecule has 0 saturated heterocycles. The molecule has 284 valence electrons. The molecule has 0 spiro atoms. The lowest BCUT2D eigenvalue weighted by molar-refractivity contribution is -0.107. The summed E-state index contributed by atoms with van der Waals surface area (Å²) in [5, 5.41) is 78.8. The first-order valence-corrected chi connectivity index (χ1v) is 16.6. The van der Waals surface area contributed by atoms with E-state index in [1.54, 1.807) is 27.7 Å². The average Bonchev–Trinajstić information content (AvgIpc) is 3.10. The number of nitrogens with one attached hydrogen (secondary N) is 4. The summed E-state index contributed by atoms with van der Waals surface area (Å²) < 4.78 is 0. The molecule has 0 aliphatic rings. The molecular weight excluding hydrogens is 666 g/mol. The maximum atomic E-state index is 13.4. The highest BCUT2D eigenvalue weighted by molar-refractivity contribution is 6.07. The molecule has 0 radical (unpaired) electrons. The molecule has 0 bridgehead atoms. The average molecular weight is 720 g/mol. The number of hydrogen-bond donors (Lipinski definition) is 11. The van der Waals surface area contributed by atoms with Crippen LogP contribution in [0, 0.1) is 48.5 Å². The number of aliphatic hydroxyl groups excluding tert-OH is 7. The van der Waals surface area contributed by atoms with Gasteiger partial charge < -0.3 is 61.9 Å². The monoisotopic (exact) mass is 719 g/mol. The molecule has 16 nitrogen and oxygen atoms in total. The van der Waals surface area contributed by atoms with E-state index in [1.165, 1.54) is 11.8 Å². The van der Waals surface area contributed by atoms with E-state index < -0.39 is 62.0 Å². The molecule has 4 unspecified atom stereocenters. The largest absolute Gasteiger partial charge is 0.394 e. The minimum atomic E-state index is -1.24. The van der Waals surface area contributed by atoms with Gasteiger partial charge in [0.05, 0.1) is 56.5 Å². The zero-order valence-electron chi connectivity index (χ0n) is 30.3. The Balaban J connectivity index is 2.51. The van der Waals surface area contributed by atoms with Crippen molar-refractivity contribution in [2.75, 3.05) is 62.8 Å². The van der Waals surface area contributed by atoms with Crippen molar-refractivity contribution in [1.29, 1.82) is 0 Å². The Morgan fingerprint density at radius 2 is 0.941 bits per heavy atom. The van der Waals surface area contributed by atoms with E-state index in [2.05, 4.69) is 21.3 Å². The van der Waals surface area contributed by atoms with Crippen LogP contribution in [0.1, 0.15) is 70.0 Å². The van der Waals surface area contributed by atoms with Gasteiger partial charge in [-0.2, -0.15) is 0 Å². The predicted octanol–water partition coefficient (Wildman–Crippen LogP) is -1.47. The fraction of sp³-hybridized carbons (Fsp3) is 0.543. The number of carbonyl (C=O) groups excluding carboxylic acids is 4. The number of aliphatic hydroxyl groups is 7. The summed E-state index contributed by atoms with van der Waals surface area (Å²) in [5.74, 6) is -1.83. The van der Waals surface area contributed by atoms with Crippen molar-refractivity contribution in [2.45, 2.75) is 72.9 Å². The summed E-state index contributed by atoms with van der Waals surface area (Å²) in [4.78, 5) is 53.7. The molecule has 4 atom stereocenters. The van der Waals surface area contributed by atoms with E-state index in [-0.39, 0.29) is 55.1 Å². The SMILES string of the molecule is Cc1c(C)c(NCC(O)CN(C=O)c2c(C)c(C(=O)NCC(O)CO)c(C)c(C(=O)NCC(O)CO)c2C)c(C)c(C(=O)NCC(O)CO)c1C. The van der Waals surface area contributed by atoms with Crippen LogP contribution in [0.25, 0.3) is 0 Å². The Labute approximate surface area is 297 Å². The Hall–Kier alpha value is -4.16. The van der Waals surface area contributed by atoms with Gasteiger partial charge in [0.25, 0.3) is 17.7 Å². The third-order valence-corrected chi connectivity index (χ3v) is 8.98. The zero-order chi connectivity index (χ0) is 38.7. The number of rotatable bonds is 19. The van der Waals surface area contributed by atoms with Crippen LogP contribution in [-0.4, -0.2) is 137 Å². The summed E-state index contributed by atoms with van der Waals surface area (Å²) in [6.45, 7) is 9.07. The zero-order valence-corrected chi connectivity index (χ0v) is 30.3. The number of benzene rings is 2. The summed E-state index contributed by atoms with van der Waals surface area (Å²) in [5.41, 5.74) is 4.93. The first-order valence-electron chi connectivity index (χ1n) is 16.6. The standard InChI is InChI=1S/C35H53N5O11/c1-17-18(2)28(33(49)37-9-25(46)13-41)21(5)31(19(17)3)36-8-24(45)12-40(16-44)32-22(6)29(34(50)38-10-26(47)14-42)20(4)30(23(32)7)35(51)39-11-27(48)15-43/h16,24-27,36,41-43,45-48H,8-15H2,1-7H3,(H,37,49)(H,38,50)(H,39,51). The normalized spacial score (nSPS) is 13.5. The molecule has 0 aliphatic heterocycles. The van der Waals surface area contributed by atoms with Crippen molar-refractivity contribution in [1.82, 2.24) is 16.0 Å². The van der Waals surface area contributed by atoms with Crippen LogP contribution in [0.2, 0.25) is 0 Å². The van der Waals surface area contributed by atoms with Crippen LogP contribution in [0.4, 0.5) is 11.4 Å².